The van der Waals surface area contributed by atoms with Crippen LogP contribution in [0.4, 0.5) is 0 Å². The van der Waals surface area contributed by atoms with E-state index >= 15 is 0 Å². The molecule has 1 amide bonds. The molecule has 1 aromatic heterocycles. The third kappa shape index (κ3) is 3.64. The van der Waals surface area contributed by atoms with Crippen LogP contribution in [0.3, 0.4) is 0 Å². The standard InChI is InChI=1S/C13H9Br2N3O2/c14-10-5-11(15)12(19)4-9(10)7-17-18-13(20)8-2-1-3-16-6-8/h1-7,19H,(H,18,20)/b17-7+. The van der Waals surface area contributed by atoms with Crippen LogP contribution in [0, 0.1) is 0 Å². The number of hydrazone groups is 1. The van der Waals surface area contributed by atoms with Gasteiger partial charge in [-0.2, -0.15) is 5.10 Å². The summed E-state index contributed by atoms with van der Waals surface area (Å²) in [5.41, 5.74) is 3.44. The van der Waals surface area contributed by atoms with Crippen LogP contribution in [0.5, 0.6) is 5.75 Å². The Labute approximate surface area is 132 Å². The molecule has 1 heterocycles. The number of nitrogens with one attached hydrogen (secondary N) is 1. The van der Waals surface area contributed by atoms with Gasteiger partial charge in [-0.1, -0.05) is 15.9 Å². The number of hydrogen-bond acceptors (Lipinski definition) is 4. The van der Waals surface area contributed by atoms with Crippen LogP contribution < -0.4 is 5.43 Å². The normalized spacial score (nSPS) is 10.7. The Morgan fingerprint density at radius 3 is 2.85 bits per heavy atom. The van der Waals surface area contributed by atoms with E-state index in [2.05, 4.69) is 47.4 Å². The maximum Gasteiger partial charge on any atom is 0.272 e. The molecule has 2 aromatic rings. The first-order chi connectivity index (χ1) is 9.58. The highest BCUT2D eigenvalue weighted by atomic mass is 79.9. The van der Waals surface area contributed by atoms with Crippen LogP contribution in [-0.2, 0) is 0 Å². The van der Waals surface area contributed by atoms with Crippen molar-refractivity contribution in [1.29, 1.82) is 0 Å². The lowest BCUT2D eigenvalue weighted by molar-refractivity contribution is 0.0955. The second kappa shape index (κ2) is 6.62. The topological polar surface area (TPSA) is 74.6 Å². The van der Waals surface area contributed by atoms with Crippen molar-refractivity contribution in [1.82, 2.24) is 10.4 Å². The molecule has 2 N–H and O–H groups in total. The van der Waals surface area contributed by atoms with Gasteiger partial charge in [0.15, 0.2) is 0 Å². The maximum absolute atomic E-state index is 11.7. The summed E-state index contributed by atoms with van der Waals surface area (Å²) in [5.74, 6) is -0.264. The minimum Gasteiger partial charge on any atom is -0.507 e. The molecule has 0 radical (unpaired) electrons. The van der Waals surface area contributed by atoms with Gasteiger partial charge in [-0.15, -0.1) is 0 Å². The molecule has 2 rings (SSSR count). The van der Waals surface area contributed by atoms with Crippen molar-refractivity contribution in [3.63, 3.8) is 0 Å². The number of nitrogens with zero attached hydrogens (tertiary/aromatic N) is 2. The van der Waals surface area contributed by atoms with E-state index in [4.69, 9.17) is 0 Å². The summed E-state index contributed by atoms with van der Waals surface area (Å²) in [4.78, 5) is 15.6. The number of phenolic OH excluding ortho intramolecular Hbond substituents is 1. The molecule has 20 heavy (non-hydrogen) atoms. The fourth-order valence-corrected chi connectivity index (χ4v) is 2.47. The highest BCUT2D eigenvalue weighted by Crippen LogP contribution is 2.29. The van der Waals surface area contributed by atoms with Crippen LogP contribution in [0.15, 0.2) is 50.7 Å². The molecule has 0 spiro atoms. The van der Waals surface area contributed by atoms with Gasteiger partial charge in [0.05, 0.1) is 16.3 Å². The third-order valence-electron chi connectivity index (χ3n) is 2.36. The Hall–Kier alpha value is -1.73. The van der Waals surface area contributed by atoms with Crippen molar-refractivity contribution in [3.8, 4) is 5.75 Å². The molecular formula is C13H9Br2N3O2. The second-order valence-corrected chi connectivity index (χ2v) is 5.47. The molecular weight excluding hydrogens is 390 g/mol. The van der Waals surface area contributed by atoms with E-state index in [1.54, 1.807) is 24.4 Å². The van der Waals surface area contributed by atoms with Gasteiger partial charge in [-0.25, -0.2) is 5.43 Å². The zero-order valence-corrected chi connectivity index (χ0v) is 13.2. The minimum atomic E-state index is -0.355. The van der Waals surface area contributed by atoms with Crippen LogP contribution in [0.2, 0.25) is 0 Å². The molecule has 0 fully saturated rings. The highest BCUT2D eigenvalue weighted by Gasteiger charge is 2.05. The molecule has 0 atom stereocenters. The summed E-state index contributed by atoms with van der Waals surface area (Å²) >= 11 is 6.54. The number of halogens is 2. The lowest BCUT2D eigenvalue weighted by Crippen LogP contribution is -2.17. The molecule has 0 saturated carbocycles. The summed E-state index contributed by atoms with van der Waals surface area (Å²) in [6.45, 7) is 0. The monoisotopic (exact) mass is 397 g/mol. The summed E-state index contributed by atoms with van der Waals surface area (Å²) in [6, 6.07) is 6.52. The molecule has 0 saturated heterocycles. The van der Waals surface area contributed by atoms with Crippen molar-refractivity contribution < 1.29 is 9.90 Å². The Kier molecular flexibility index (Phi) is 4.86. The summed E-state index contributed by atoms with van der Waals surface area (Å²) in [7, 11) is 0. The summed E-state index contributed by atoms with van der Waals surface area (Å²) < 4.78 is 1.31. The Bertz CT molecular complexity index is 660. The van der Waals surface area contributed by atoms with Crippen molar-refractivity contribution in [3.05, 3.63) is 56.7 Å². The van der Waals surface area contributed by atoms with Gasteiger partial charge < -0.3 is 5.11 Å². The smallest absolute Gasteiger partial charge is 0.272 e. The average molecular weight is 399 g/mol. The second-order valence-electron chi connectivity index (χ2n) is 3.77. The molecule has 0 aliphatic carbocycles. The molecule has 0 unspecified atom stereocenters. The van der Waals surface area contributed by atoms with Gasteiger partial charge in [-0.3, -0.25) is 9.78 Å². The van der Waals surface area contributed by atoms with E-state index < -0.39 is 0 Å². The van der Waals surface area contributed by atoms with E-state index in [1.807, 2.05) is 0 Å². The zero-order valence-electron chi connectivity index (χ0n) is 10.0. The van der Waals surface area contributed by atoms with Gasteiger partial charge in [0.25, 0.3) is 5.91 Å². The van der Waals surface area contributed by atoms with E-state index in [0.717, 1.165) is 4.47 Å². The van der Waals surface area contributed by atoms with Gasteiger partial charge in [0.2, 0.25) is 0 Å². The number of aromatic hydroxyl groups is 1. The fourth-order valence-electron chi connectivity index (χ4n) is 1.37. The first-order valence-corrected chi connectivity index (χ1v) is 7.08. The van der Waals surface area contributed by atoms with Crippen LogP contribution in [0.1, 0.15) is 15.9 Å². The lowest BCUT2D eigenvalue weighted by Gasteiger charge is -2.02. The van der Waals surface area contributed by atoms with Gasteiger partial charge in [0, 0.05) is 22.4 Å². The number of hydrogen-bond donors (Lipinski definition) is 2. The summed E-state index contributed by atoms with van der Waals surface area (Å²) in [6.07, 6.45) is 4.47. The molecule has 102 valence electrons. The third-order valence-corrected chi connectivity index (χ3v) is 3.68. The predicted molar refractivity (Wildman–Crippen MR) is 82.8 cm³/mol. The number of pyridine rings is 1. The lowest BCUT2D eigenvalue weighted by atomic mass is 10.2. The Morgan fingerprint density at radius 2 is 2.15 bits per heavy atom. The van der Waals surface area contributed by atoms with Crippen LogP contribution in [-0.4, -0.2) is 22.2 Å². The van der Waals surface area contributed by atoms with Gasteiger partial charge >= 0.3 is 0 Å². The van der Waals surface area contributed by atoms with Crippen LogP contribution in [0.25, 0.3) is 0 Å². The van der Waals surface area contributed by atoms with Crippen molar-refractivity contribution in [2.24, 2.45) is 5.10 Å². The Balaban J connectivity index is 2.08. The van der Waals surface area contributed by atoms with Gasteiger partial charge in [0.1, 0.15) is 5.75 Å². The Morgan fingerprint density at radius 1 is 1.35 bits per heavy atom. The number of amides is 1. The fraction of sp³-hybridized carbons (Fsp3) is 0. The van der Waals surface area contributed by atoms with Gasteiger partial charge in [-0.05, 0) is 40.2 Å². The first kappa shape index (κ1) is 14.7. The van der Waals surface area contributed by atoms with Crippen LogP contribution >= 0.6 is 31.9 Å². The largest absolute Gasteiger partial charge is 0.507 e. The van der Waals surface area contributed by atoms with Crippen molar-refractivity contribution in [2.75, 3.05) is 0 Å². The maximum atomic E-state index is 11.7. The molecule has 7 heteroatoms. The molecule has 0 aliphatic heterocycles. The van der Waals surface area contributed by atoms with Crippen molar-refractivity contribution >= 4 is 44.0 Å². The minimum absolute atomic E-state index is 0.0910. The zero-order chi connectivity index (χ0) is 14.5. The number of benzene rings is 1. The number of carbonyl (C=O) groups is 1. The molecule has 1 aromatic carbocycles. The predicted octanol–water partition coefficient (Wildman–Crippen LogP) is 3.08. The van der Waals surface area contributed by atoms with E-state index in [-0.39, 0.29) is 11.7 Å². The first-order valence-electron chi connectivity index (χ1n) is 5.49. The number of rotatable bonds is 3. The van der Waals surface area contributed by atoms with Crippen molar-refractivity contribution in [2.45, 2.75) is 0 Å². The molecule has 0 aliphatic rings. The molecule has 0 bridgehead atoms. The average Bonchev–Trinajstić information content (AvgIpc) is 2.45. The SMILES string of the molecule is O=C(N/N=C/c1cc(O)c(Br)cc1Br)c1cccnc1. The number of carbonyl (C=O) groups excluding carboxylic acids is 1. The number of aromatic nitrogens is 1. The van der Waals surface area contributed by atoms with E-state index in [1.165, 1.54) is 18.5 Å². The molecule has 5 nitrogen and oxygen atoms in total. The summed E-state index contributed by atoms with van der Waals surface area (Å²) in [5, 5.41) is 13.4. The van der Waals surface area contributed by atoms with E-state index in [9.17, 15) is 9.90 Å². The quantitative estimate of drug-likeness (QED) is 0.616. The number of phenols is 1. The van der Waals surface area contributed by atoms with E-state index in [0.29, 0.717) is 15.6 Å². The highest BCUT2D eigenvalue weighted by molar-refractivity contribution is 9.11.